The number of rotatable bonds is 5. The van der Waals surface area contributed by atoms with Gasteiger partial charge in [0.1, 0.15) is 5.60 Å². The highest BCUT2D eigenvalue weighted by molar-refractivity contribution is 5.88. The van der Waals surface area contributed by atoms with E-state index in [2.05, 4.69) is 10.2 Å². The Balaban J connectivity index is 1.49. The van der Waals surface area contributed by atoms with Crippen LogP contribution >= 0.6 is 0 Å². The molecule has 1 heterocycles. The molecule has 1 N–H and O–H groups in total. The van der Waals surface area contributed by atoms with Crippen molar-refractivity contribution in [2.75, 3.05) is 26.2 Å². The van der Waals surface area contributed by atoms with Gasteiger partial charge in [-0.15, -0.1) is 0 Å². The average molecular weight is 628 g/mol. The number of nitrogens with zero attached hydrogens (tertiary/aromatic N) is 2. The van der Waals surface area contributed by atoms with Gasteiger partial charge in [0.05, 0.1) is 22.6 Å². The quantitative estimate of drug-likeness (QED) is 0.353. The first-order chi connectivity index (χ1) is 20.4. The van der Waals surface area contributed by atoms with Crippen molar-refractivity contribution in [1.29, 1.82) is 0 Å². The van der Waals surface area contributed by atoms with Crippen LogP contribution in [0.3, 0.4) is 0 Å². The highest BCUT2D eigenvalue weighted by atomic mass is 19.4. The summed E-state index contributed by atoms with van der Waals surface area (Å²) in [7, 11) is 0. The van der Waals surface area contributed by atoms with Gasteiger partial charge < -0.3 is 15.0 Å². The van der Waals surface area contributed by atoms with E-state index in [-0.39, 0.29) is 23.8 Å². The third-order valence-electron chi connectivity index (χ3n) is 8.51. The minimum atomic E-state index is -4.98. The number of piperazine rings is 1. The molecule has 0 spiro atoms. The molecule has 1 unspecified atom stereocenters. The van der Waals surface area contributed by atoms with Crippen LogP contribution < -0.4 is 5.32 Å². The van der Waals surface area contributed by atoms with Gasteiger partial charge in [0, 0.05) is 32.2 Å². The van der Waals surface area contributed by atoms with Crippen LogP contribution in [0.5, 0.6) is 0 Å². The smallest absolute Gasteiger partial charge is 0.416 e. The maximum absolute atomic E-state index is 14.0. The van der Waals surface area contributed by atoms with Gasteiger partial charge in [-0.05, 0) is 82.7 Å². The van der Waals surface area contributed by atoms with Crippen LogP contribution in [-0.4, -0.2) is 59.6 Å². The number of ether oxygens (including phenoxy) is 1. The van der Waals surface area contributed by atoms with Crippen LogP contribution in [0.1, 0.15) is 81.7 Å². The summed E-state index contributed by atoms with van der Waals surface area (Å²) in [6.07, 6.45) is -8.11. The van der Waals surface area contributed by atoms with Gasteiger partial charge in [-0.3, -0.25) is 9.69 Å². The number of carbonyl (C=O) groups excluding carboxylic acids is 2. The Morgan fingerprint density at radius 2 is 1.39 bits per heavy atom. The summed E-state index contributed by atoms with van der Waals surface area (Å²) < 4.78 is 86.3. The zero-order valence-corrected chi connectivity index (χ0v) is 25.3. The van der Waals surface area contributed by atoms with Crippen molar-refractivity contribution in [2.24, 2.45) is 0 Å². The molecular weight excluding hydrogens is 588 g/mol. The van der Waals surface area contributed by atoms with Crippen LogP contribution in [0.2, 0.25) is 0 Å². The van der Waals surface area contributed by atoms with E-state index in [1.165, 1.54) is 6.92 Å². The van der Waals surface area contributed by atoms with E-state index in [4.69, 9.17) is 4.74 Å². The first kappa shape index (κ1) is 33.6. The molecular formula is C32H39F6N3O3. The molecule has 44 heavy (non-hydrogen) atoms. The maximum Gasteiger partial charge on any atom is 0.416 e. The summed E-state index contributed by atoms with van der Waals surface area (Å²) in [6.45, 7) is 9.19. The molecule has 1 aliphatic carbocycles. The lowest BCUT2D eigenvalue weighted by atomic mass is 9.67. The second-order valence-electron chi connectivity index (χ2n) is 12.7. The lowest BCUT2D eigenvalue weighted by molar-refractivity contribution is -0.143. The Labute approximate surface area is 253 Å². The molecule has 0 bridgehead atoms. The number of nitrogens with one attached hydrogen (secondary N) is 1. The van der Waals surface area contributed by atoms with Crippen LogP contribution in [0.4, 0.5) is 31.1 Å². The van der Waals surface area contributed by atoms with Gasteiger partial charge >= 0.3 is 18.4 Å². The maximum atomic E-state index is 14.0. The minimum absolute atomic E-state index is 0.0815. The summed E-state index contributed by atoms with van der Waals surface area (Å²) in [5.41, 5.74) is -3.96. The van der Waals surface area contributed by atoms with Crippen molar-refractivity contribution >= 4 is 12.0 Å². The average Bonchev–Trinajstić information content (AvgIpc) is 2.95. The molecule has 12 heteroatoms. The van der Waals surface area contributed by atoms with E-state index in [1.807, 2.05) is 39.0 Å². The minimum Gasteiger partial charge on any atom is -0.444 e. The monoisotopic (exact) mass is 627 g/mol. The van der Waals surface area contributed by atoms with Crippen LogP contribution in [0, 0.1) is 0 Å². The van der Waals surface area contributed by atoms with Gasteiger partial charge in [-0.2, -0.15) is 26.3 Å². The molecule has 1 saturated carbocycles. The van der Waals surface area contributed by atoms with E-state index in [1.54, 1.807) is 17.0 Å². The fraction of sp³-hybridized carbons (Fsp3) is 0.562. The molecule has 0 radical (unpaired) electrons. The van der Waals surface area contributed by atoms with Crippen molar-refractivity contribution < 1.29 is 40.7 Å². The highest BCUT2D eigenvalue weighted by Crippen LogP contribution is 2.42. The molecule has 2 aromatic rings. The van der Waals surface area contributed by atoms with Crippen molar-refractivity contribution in [3.8, 4) is 0 Å². The van der Waals surface area contributed by atoms with Crippen molar-refractivity contribution in [2.45, 2.75) is 88.8 Å². The molecule has 1 atom stereocenters. The molecule has 4 rings (SSSR count). The second kappa shape index (κ2) is 12.6. The van der Waals surface area contributed by atoms with Crippen LogP contribution in [-0.2, 0) is 27.3 Å². The topological polar surface area (TPSA) is 61.9 Å². The van der Waals surface area contributed by atoms with Gasteiger partial charge in [-0.25, -0.2) is 4.79 Å². The number of halogens is 6. The summed E-state index contributed by atoms with van der Waals surface area (Å²) in [5.74, 6) is -0.435. The van der Waals surface area contributed by atoms with Crippen molar-refractivity contribution in [3.05, 3.63) is 70.8 Å². The molecule has 1 saturated heterocycles. The first-order valence-electron chi connectivity index (χ1n) is 14.8. The predicted molar refractivity (Wildman–Crippen MR) is 153 cm³/mol. The molecule has 2 amide bonds. The van der Waals surface area contributed by atoms with E-state index in [0.29, 0.717) is 64.0 Å². The Bertz CT molecular complexity index is 1270. The number of carbonyl (C=O) groups is 2. The summed E-state index contributed by atoms with van der Waals surface area (Å²) in [5, 5.41) is 2.75. The van der Waals surface area contributed by atoms with Gasteiger partial charge in [0.25, 0.3) is 0 Å². The number of hydrogen-bond donors (Lipinski definition) is 1. The number of alkyl halides is 6. The lowest BCUT2D eigenvalue weighted by Gasteiger charge is -2.45. The van der Waals surface area contributed by atoms with E-state index in [0.717, 1.165) is 5.56 Å². The molecule has 1 aliphatic heterocycles. The Hall–Kier alpha value is -3.28. The highest BCUT2D eigenvalue weighted by Gasteiger charge is 2.45. The molecule has 242 valence electrons. The summed E-state index contributed by atoms with van der Waals surface area (Å²) >= 11 is 0. The third kappa shape index (κ3) is 7.86. The zero-order chi connectivity index (χ0) is 32.5. The summed E-state index contributed by atoms with van der Waals surface area (Å²) in [6, 6.07) is 9.53. The standard InChI is InChI=1S/C32H39F6N3O3/c1-21(22-18-24(31(33,34)35)20-25(19-22)32(36,37)38)39-27(42)30(23-8-6-5-7-9-23)12-10-26(11-13-30)40-14-16-41(17-15-40)28(43)44-29(2,3)4/h5-9,18-21,26H,10-17H2,1-4H3,(H,39,42). The Kier molecular flexibility index (Phi) is 9.63. The van der Waals surface area contributed by atoms with Gasteiger partial charge in [0.2, 0.25) is 5.91 Å². The molecule has 2 aliphatic rings. The third-order valence-corrected chi connectivity index (χ3v) is 8.51. The van der Waals surface area contributed by atoms with Crippen molar-refractivity contribution in [3.63, 3.8) is 0 Å². The summed E-state index contributed by atoms with van der Waals surface area (Å²) in [4.78, 5) is 30.4. The molecule has 2 aromatic carbocycles. The molecule has 2 fully saturated rings. The van der Waals surface area contributed by atoms with Crippen LogP contribution in [0.25, 0.3) is 0 Å². The predicted octanol–water partition coefficient (Wildman–Crippen LogP) is 7.33. The Morgan fingerprint density at radius 3 is 1.86 bits per heavy atom. The van der Waals surface area contributed by atoms with Crippen LogP contribution in [0.15, 0.2) is 48.5 Å². The zero-order valence-electron chi connectivity index (χ0n) is 25.3. The normalized spacial score (nSPS) is 22.8. The SMILES string of the molecule is CC(NC(=O)C1(c2ccccc2)CCC(N2CCN(C(=O)OC(C)(C)C)CC2)CC1)c1cc(C(F)(F)F)cc(C(F)(F)F)c1. The second-order valence-corrected chi connectivity index (χ2v) is 12.7. The number of amides is 2. The Morgan fingerprint density at radius 1 is 0.864 bits per heavy atom. The number of hydrogen-bond acceptors (Lipinski definition) is 4. The van der Waals surface area contributed by atoms with E-state index < -0.39 is 46.4 Å². The number of benzene rings is 2. The van der Waals surface area contributed by atoms with E-state index >= 15 is 0 Å². The van der Waals surface area contributed by atoms with Gasteiger partial charge in [0.15, 0.2) is 0 Å². The first-order valence-corrected chi connectivity index (χ1v) is 14.8. The fourth-order valence-corrected chi connectivity index (χ4v) is 6.11. The van der Waals surface area contributed by atoms with Gasteiger partial charge in [-0.1, -0.05) is 30.3 Å². The molecule has 6 nitrogen and oxygen atoms in total. The lowest BCUT2D eigenvalue weighted by Crippen LogP contribution is -2.55. The fourth-order valence-electron chi connectivity index (χ4n) is 6.11. The largest absolute Gasteiger partial charge is 0.444 e. The molecule has 0 aromatic heterocycles. The van der Waals surface area contributed by atoms with E-state index in [9.17, 15) is 35.9 Å². The van der Waals surface area contributed by atoms with Crippen molar-refractivity contribution in [1.82, 2.24) is 15.1 Å².